The van der Waals surface area contributed by atoms with E-state index in [9.17, 15) is 9.18 Å². The second-order valence-electron chi connectivity index (χ2n) is 7.14. The molecule has 2 aromatic heterocycles. The highest BCUT2D eigenvalue weighted by Gasteiger charge is 2.16. The lowest BCUT2D eigenvalue weighted by atomic mass is 10.0. The van der Waals surface area contributed by atoms with Gasteiger partial charge in [0.2, 0.25) is 5.91 Å². The van der Waals surface area contributed by atoms with Crippen LogP contribution in [0.3, 0.4) is 0 Å². The molecular weight excluding hydrogens is 365 g/mol. The number of aromatic nitrogens is 2. The summed E-state index contributed by atoms with van der Waals surface area (Å²) in [6, 6.07) is 18.3. The van der Waals surface area contributed by atoms with E-state index in [1.54, 1.807) is 29.4 Å². The van der Waals surface area contributed by atoms with Crippen LogP contribution in [-0.4, -0.2) is 27.8 Å². The summed E-state index contributed by atoms with van der Waals surface area (Å²) in [5, 5.41) is 1.09. The molecule has 4 aromatic rings. The number of rotatable bonds is 6. The lowest BCUT2D eigenvalue weighted by Gasteiger charge is -2.17. The summed E-state index contributed by atoms with van der Waals surface area (Å²) in [4.78, 5) is 21.9. The molecule has 4 rings (SSSR count). The molecule has 29 heavy (non-hydrogen) atoms. The van der Waals surface area contributed by atoms with Crippen molar-refractivity contribution in [3.05, 3.63) is 90.0 Å². The number of aryl methyl sites for hydroxylation is 1. The minimum absolute atomic E-state index is 0.0807. The Kier molecular flexibility index (Phi) is 5.38. The Hall–Kier alpha value is -3.47. The van der Waals surface area contributed by atoms with E-state index in [-0.39, 0.29) is 11.7 Å². The number of benzene rings is 2. The first-order chi connectivity index (χ1) is 14.1. The molecule has 0 bridgehead atoms. The lowest BCUT2D eigenvalue weighted by molar-refractivity contribution is -0.130. The highest BCUT2D eigenvalue weighted by atomic mass is 19.1. The van der Waals surface area contributed by atoms with Crippen molar-refractivity contribution in [2.45, 2.75) is 19.4 Å². The van der Waals surface area contributed by atoms with Crippen molar-refractivity contribution in [3.63, 3.8) is 0 Å². The maximum atomic E-state index is 13.4. The van der Waals surface area contributed by atoms with Crippen molar-refractivity contribution in [1.82, 2.24) is 14.9 Å². The highest BCUT2D eigenvalue weighted by molar-refractivity contribution is 5.91. The normalized spacial score (nSPS) is 11.0. The third kappa shape index (κ3) is 4.19. The van der Waals surface area contributed by atoms with Gasteiger partial charge in [0, 0.05) is 49.0 Å². The molecule has 0 saturated carbocycles. The summed E-state index contributed by atoms with van der Waals surface area (Å²) in [6.45, 7) is 0.556. The average Bonchev–Trinajstić information content (AvgIpc) is 3.12. The molecule has 1 N–H and O–H groups in total. The zero-order valence-electron chi connectivity index (χ0n) is 16.2. The van der Waals surface area contributed by atoms with Gasteiger partial charge >= 0.3 is 0 Å². The molecule has 0 aliphatic carbocycles. The van der Waals surface area contributed by atoms with Crippen LogP contribution in [0.4, 0.5) is 4.39 Å². The Morgan fingerprint density at radius 3 is 2.52 bits per heavy atom. The highest BCUT2D eigenvalue weighted by Crippen LogP contribution is 2.31. The van der Waals surface area contributed by atoms with E-state index in [1.165, 1.54) is 12.1 Å². The number of pyridine rings is 1. The van der Waals surface area contributed by atoms with E-state index in [0.29, 0.717) is 19.4 Å². The van der Waals surface area contributed by atoms with Gasteiger partial charge in [-0.25, -0.2) is 4.39 Å². The number of hydrogen-bond donors (Lipinski definition) is 1. The van der Waals surface area contributed by atoms with E-state index in [4.69, 9.17) is 0 Å². The second-order valence-corrected chi connectivity index (χ2v) is 7.14. The van der Waals surface area contributed by atoms with Crippen molar-refractivity contribution >= 4 is 16.8 Å². The molecule has 5 heteroatoms. The van der Waals surface area contributed by atoms with Crippen LogP contribution in [0, 0.1) is 5.82 Å². The number of carbonyl (C=O) groups is 1. The topological polar surface area (TPSA) is 49.0 Å². The van der Waals surface area contributed by atoms with E-state index in [0.717, 1.165) is 33.3 Å². The predicted octanol–water partition coefficient (Wildman–Crippen LogP) is 4.96. The number of amides is 1. The zero-order chi connectivity index (χ0) is 20.2. The fourth-order valence-corrected chi connectivity index (χ4v) is 3.60. The van der Waals surface area contributed by atoms with Gasteiger partial charge in [-0.3, -0.25) is 9.78 Å². The second kappa shape index (κ2) is 8.27. The van der Waals surface area contributed by atoms with Gasteiger partial charge < -0.3 is 9.88 Å². The number of nitrogens with one attached hydrogen (secondary N) is 1. The monoisotopic (exact) mass is 387 g/mol. The van der Waals surface area contributed by atoms with Crippen LogP contribution in [0.2, 0.25) is 0 Å². The van der Waals surface area contributed by atoms with Crippen molar-refractivity contribution < 1.29 is 9.18 Å². The quantitative estimate of drug-likeness (QED) is 0.508. The Bertz CT molecular complexity index is 1120. The fraction of sp³-hybridized carbons (Fsp3) is 0.167. The van der Waals surface area contributed by atoms with Crippen LogP contribution in [-0.2, 0) is 17.8 Å². The van der Waals surface area contributed by atoms with E-state index < -0.39 is 0 Å². The molecule has 0 atom stereocenters. The minimum atomic E-state index is -0.265. The first-order valence-corrected chi connectivity index (χ1v) is 9.60. The Labute approximate surface area is 169 Å². The molecule has 0 unspecified atom stereocenters. The number of carbonyl (C=O) groups excluding carboxylic acids is 1. The molecular formula is C24H22FN3O. The molecule has 0 fully saturated rings. The Morgan fingerprint density at radius 1 is 1.03 bits per heavy atom. The predicted molar refractivity (Wildman–Crippen MR) is 113 cm³/mol. The summed E-state index contributed by atoms with van der Waals surface area (Å²) in [5.41, 5.74) is 5.00. The number of para-hydroxylation sites is 1. The van der Waals surface area contributed by atoms with Crippen molar-refractivity contribution in [2.24, 2.45) is 0 Å². The molecule has 2 heterocycles. The summed E-state index contributed by atoms with van der Waals surface area (Å²) < 4.78 is 13.4. The third-order valence-electron chi connectivity index (χ3n) is 5.13. The zero-order valence-corrected chi connectivity index (χ0v) is 16.2. The van der Waals surface area contributed by atoms with Gasteiger partial charge in [-0.2, -0.15) is 0 Å². The first kappa shape index (κ1) is 18.9. The van der Waals surface area contributed by atoms with E-state index >= 15 is 0 Å². The van der Waals surface area contributed by atoms with Gasteiger partial charge in [0.05, 0.1) is 0 Å². The average molecular weight is 387 g/mol. The van der Waals surface area contributed by atoms with Gasteiger partial charge in [-0.1, -0.05) is 18.2 Å². The molecule has 0 saturated heterocycles. The van der Waals surface area contributed by atoms with E-state index in [2.05, 4.69) is 16.0 Å². The molecule has 0 spiro atoms. The fourth-order valence-electron chi connectivity index (χ4n) is 3.60. The van der Waals surface area contributed by atoms with E-state index in [1.807, 2.05) is 37.4 Å². The SMILES string of the molecule is CN(Cc1ccncc1)C(=O)CCc1c(-c2ccc(F)cc2)[nH]c2ccccc12. The first-order valence-electron chi connectivity index (χ1n) is 9.60. The molecule has 0 radical (unpaired) electrons. The smallest absolute Gasteiger partial charge is 0.222 e. The van der Waals surface area contributed by atoms with Gasteiger partial charge in [-0.15, -0.1) is 0 Å². The van der Waals surface area contributed by atoms with Crippen LogP contribution in [0.25, 0.3) is 22.2 Å². The summed E-state index contributed by atoms with van der Waals surface area (Å²) in [6.07, 6.45) is 4.47. The maximum Gasteiger partial charge on any atom is 0.222 e. The lowest BCUT2D eigenvalue weighted by Crippen LogP contribution is -2.26. The minimum Gasteiger partial charge on any atom is -0.354 e. The standard InChI is InChI=1S/C24H22FN3O/c1-28(16-17-12-14-26-15-13-17)23(29)11-10-21-20-4-2-3-5-22(20)27-24(21)18-6-8-19(25)9-7-18/h2-9,12-15,27H,10-11,16H2,1H3. The van der Waals surface area contributed by atoms with Crippen molar-refractivity contribution in [1.29, 1.82) is 0 Å². The van der Waals surface area contributed by atoms with Crippen LogP contribution >= 0.6 is 0 Å². The molecule has 0 aliphatic heterocycles. The molecule has 2 aromatic carbocycles. The largest absolute Gasteiger partial charge is 0.354 e. The molecule has 146 valence electrons. The van der Waals surface area contributed by atoms with Crippen LogP contribution in [0.15, 0.2) is 73.1 Å². The number of aromatic amines is 1. The Morgan fingerprint density at radius 2 is 1.76 bits per heavy atom. The summed E-state index contributed by atoms with van der Waals surface area (Å²) in [7, 11) is 1.82. The van der Waals surface area contributed by atoms with Crippen LogP contribution < -0.4 is 0 Å². The van der Waals surface area contributed by atoms with Crippen molar-refractivity contribution in [2.75, 3.05) is 7.05 Å². The number of halogens is 1. The number of H-pyrrole nitrogens is 1. The number of fused-ring (bicyclic) bond motifs is 1. The number of hydrogen-bond acceptors (Lipinski definition) is 2. The van der Waals surface area contributed by atoms with Crippen LogP contribution in [0.5, 0.6) is 0 Å². The molecule has 0 aliphatic rings. The summed E-state index contributed by atoms with van der Waals surface area (Å²) >= 11 is 0. The molecule has 1 amide bonds. The number of nitrogens with zero attached hydrogens (tertiary/aromatic N) is 2. The Balaban J connectivity index is 1.56. The van der Waals surface area contributed by atoms with Gasteiger partial charge in [-0.05, 0) is 65.6 Å². The third-order valence-corrected chi connectivity index (χ3v) is 5.13. The molecule has 4 nitrogen and oxygen atoms in total. The van der Waals surface area contributed by atoms with Gasteiger partial charge in [0.15, 0.2) is 0 Å². The van der Waals surface area contributed by atoms with Crippen LogP contribution in [0.1, 0.15) is 17.5 Å². The van der Waals surface area contributed by atoms with Gasteiger partial charge in [0.25, 0.3) is 0 Å². The van der Waals surface area contributed by atoms with Gasteiger partial charge in [0.1, 0.15) is 5.82 Å². The summed E-state index contributed by atoms with van der Waals surface area (Å²) in [5.74, 6) is -0.184. The van der Waals surface area contributed by atoms with Crippen molar-refractivity contribution in [3.8, 4) is 11.3 Å². The maximum absolute atomic E-state index is 13.4.